The summed E-state index contributed by atoms with van der Waals surface area (Å²) in [6.07, 6.45) is 0.661. The highest BCUT2D eigenvalue weighted by molar-refractivity contribution is 7.19. The lowest BCUT2D eigenvalue weighted by Gasteiger charge is -1.99. The van der Waals surface area contributed by atoms with Gasteiger partial charge >= 0.3 is 0 Å². The smallest absolute Gasteiger partial charge is 0.127 e. The molecule has 0 unspecified atom stereocenters. The maximum atomic E-state index is 13.4. The number of halogens is 1. The third-order valence-electron chi connectivity index (χ3n) is 2.20. The largest absolute Gasteiger partial charge is 0.207 e. The zero-order valence-electron chi connectivity index (χ0n) is 7.67. The van der Waals surface area contributed by atoms with E-state index >= 15 is 0 Å². The van der Waals surface area contributed by atoms with Gasteiger partial charge in [0, 0.05) is 10.3 Å². The molecule has 70 valence electrons. The number of benzene rings is 1. The van der Waals surface area contributed by atoms with Gasteiger partial charge in [-0.05, 0) is 23.9 Å². The minimum absolute atomic E-state index is 0.175. The van der Waals surface area contributed by atoms with Gasteiger partial charge in [0.2, 0.25) is 0 Å². The van der Waals surface area contributed by atoms with Gasteiger partial charge in [-0.25, -0.2) is 4.39 Å². The van der Waals surface area contributed by atoms with Gasteiger partial charge in [-0.2, -0.15) is 5.26 Å². The predicted molar refractivity (Wildman–Crippen MR) is 55.9 cm³/mol. The third-order valence-corrected chi connectivity index (χ3v) is 3.31. The Morgan fingerprint density at radius 2 is 2.29 bits per heavy atom. The van der Waals surface area contributed by atoms with Crippen molar-refractivity contribution in [1.82, 2.24) is 0 Å². The number of fused-ring (bicyclic) bond motifs is 1. The molecular formula is C11H8FNS. The number of rotatable bonds is 1. The normalized spacial score (nSPS) is 10.4. The van der Waals surface area contributed by atoms with E-state index in [0.29, 0.717) is 16.9 Å². The van der Waals surface area contributed by atoms with Crippen LogP contribution in [0.2, 0.25) is 0 Å². The summed E-state index contributed by atoms with van der Waals surface area (Å²) in [5.41, 5.74) is 0.717. The van der Waals surface area contributed by atoms with Gasteiger partial charge in [0.1, 0.15) is 16.8 Å². The maximum absolute atomic E-state index is 13.4. The summed E-state index contributed by atoms with van der Waals surface area (Å²) >= 11 is 1.36. The topological polar surface area (TPSA) is 23.8 Å². The first-order chi connectivity index (χ1) is 6.76. The average molecular weight is 205 g/mol. The van der Waals surface area contributed by atoms with Crippen molar-refractivity contribution < 1.29 is 4.39 Å². The van der Waals surface area contributed by atoms with Crippen molar-refractivity contribution in [1.29, 1.82) is 5.26 Å². The van der Waals surface area contributed by atoms with Crippen LogP contribution in [0.1, 0.15) is 17.4 Å². The van der Waals surface area contributed by atoms with Crippen LogP contribution >= 0.6 is 11.3 Å². The van der Waals surface area contributed by atoms with Crippen LogP contribution in [-0.2, 0) is 6.42 Å². The minimum atomic E-state index is -0.175. The molecule has 14 heavy (non-hydrogen) atoms. The first kappa shape index (κ1) is 9.17. The molecule has 0 aliphatic carbocycles. The van der Waals surface area contributed by atoms with E-state index in [-0.39, 0.29) is 5.82 Å². The molecule has 3 heteroatoms. The van der Waals surface area contributed by atoms with E-state index in [9.17, 15) is 4.39 Å². The quantitative estimate of drug-likeness (QED) is 0.699. The summed E-state index contributed by atoms with van der Waals surface area (Å²) in [6.45, 7) is 1.92. The van der Waals surface area contributed by atoms with Crippen molar-refractivity contribution >= 4 is 21.4 Å². The molecule has 0 bridgehead atoms. The van der Waals surface area contributed by atoms with Crippen molar-refractivity contribution in [2.75, 3.05) is 0 Å². The molecule has 1 aromatic heterocycles. The van der Waals surface area contributed by atoms with Crippen LogP contribution in [0.3, 0.4) is 0 Å². The molecule has 1 aromatic carbocycles. The lowest BCUT2D eigenvalue weighted by Crippen LogP contribution is -1.86. The van der Waals surface area contributed by atoms with Crippen LogP contribution in [0.25, 0.3) is 10.1 Å². The fourth-order valence-electron chi connectivity index (χ4n) is 1.52. The summed E-state index contributed by atoms with van der Waals surface area (Å²) in [5, 5.41) is 9.70. The van der Waals surface area contributed by atoms with Crippen molar-refractivity contribution in [2.45, 2.75) is 13.3 Å². The molecule has 0 radical (unpaired) electrons. The Morgan fingerprint density at radius 3 is 2.93 bits per heavy atom. The second-order valence-electron chi connectivity index (χ2n) is 3.02. The first-order valence-corrected chi connectivity index (χ1v) is 5.19. The summed E-state index contributed by atoms with van der Waals surface area (Å²) < 4.78 is 14.3. The maximum Gasteiger partial charge on any atom is 0.127 e. The molecule has 0 spiro atoms. The molecule has 0 fully saturated rings. The highest BCUT2D eigenvalue weighted by Gasteiger charge is 2.09. The molecule has 2 rings (SSSR count). The predicted octanol–water partition coefficient (Wildman–Crippen LogP) is 3.47. The summed E-state index contributed by atoms with van der Waals surface area (Å²) in [5.74, 6) is -0.175. The van der Waals surface area contributed by atoms with E-state index in [2.05, 4.69) is 6.07 Å². The van der Waals surface area contributed by atoms with E-state index < -0.39 is 0 Å². The number of nitrogens with zero attached hydrogens (tertiary/aromatic N) is 1. The number of thiophene rings is 1. The molecule has 0 amide bonds. The molecule has 0 saturated heterocycles. The average Bonchev–Trinajstić information content (AvgIpc) is 2.60. The number of nitriles is 1. The van der Waals surface area contributed by atoms with Crippen LogP contribution in [0.4, 0.5) is 4.39 Å². The summed E-state index contributed by atoms with van der Waals surface area (Å²) in [7, 11) is 0. The number of hydrogen-bond acceptors (Lipinski definition) is 2. The van der Waals surface area contributed by atoms with Crippen LogP contribution in [-0.4, -0.2) is 0 Å². The van der Waals surface area contributed by atoms with Gasteiger partial charge in [0.25, 0.3) is 0 Å². The molecule has 0 saturated carbocycles. The van der Waals surface area contributed by atoms with Crippen LogP contribution < -0.4 is 0 Å². The first-order valence-electron chi connectivity index (χ1n) is 4.37. The molecule has 0 N–H and O–H groups in total. The Kier molecular flexibility index (Phi) is 2.22. The van der Waals surface area contributed by atoms with Gasteiger partial charge in [-0.15, -0.1) is 11.3 Å². The Morgan fingerprint density at radius 1 is 1.50 bits per heavy atom. The molecule has 1 heterocycles. The monoisotopic (exact) mass is 205 g/mol. The Labute approximate surface area is 85.4 Å². The van der Waals surface area contributed by atoms with Crippen molar-refractivity contribution in [3.63, 3.8) is 0 Å². The highest BCUT2D eigenvalue weighted by Crippen LogP contribution is 2.30. The van der Waals surface area contributed by atoms with E-state index in [1.54, 1.807) is 12.1 Å². The van der Waals surface area contributed by atoms with Gasteiger partial charge in [0.15, 0.2) is 0 Å². The Balaban J connectivity index is 2.81. The standard InChI is InChI=1S/C11H8FNS/c1-2-9-10(12)4-3-7-5-8(6-13)14-11(7)9/h3-5H,2H2,1H3. The number of hydrogen-bond donors (Lipinski definition) is 0. The Hall–Kier alpha value is -1.40. The van der Waals surface area contributed by atoms with E-state index in [0.717, 1.165) is 10.1 Å². The second kappa shape index (κ2) is 3.39. The molecule has 1 nitrogen and oxygen atoms in total. The van der Waals surface area contributed by atoms with Gasteiger partial charge in [-0.3, -0.25) is 0 Å². The SMILES string of the molecule is CCc1c(F)ccc2cc(C#N)sc12. The van der Waals surface area contributed by atoms with Crippen LogP contribution in [0, 0.1) is 17.1 Å². The molecular weight excluding hydrogens is 197 g/mol. The molecule has 0 aliphatic heterocycles. The molecule has 2 aromatic rings. The van der Waals surface area contributed by atoms with Crippen molar-refractivity contribution in [3.05, 3.63) is 34.5 Å². The lowest BCUT2D eigenvalue weighted by atomic mass is 10.1. The Bertz CT molecular complexity index is 522. The third kappa shape index (κ3) is 1.28. The number of aryl methyl sites for hydroxylation is 1. The second-order valence-corrected chi connectivity index (χ2v) is 4.07. The zero-order chi connectivity index (χ0) is 10.1. The van der Waals surface area contributed by atoms with Gasteiger partial charge in [0.05, 0.1) is 0 Å². The minimum Gasteiger partial charge on any atom is -0.207 e. The summed E-state index contributed by atoms with van der Waals surface area (Å²) in [4.78, 5) is 0.639. The highest BCUT2D eigenvalue weighted by atomic mass is 32.1. The molecule has 0 aliphatic rings. The van der Waals surface area contributed by atoms with Gasteiger partial charge < -0.3 is 0 Å². The van der Waals surface area contributed by atoms with Gasteiger partial charge in [-0.1, -0.05) is 13.0 Å². The summed E-state index contributed by atoms with van der Waals surface area (Å²) in [6, 6.07) is 7.08. The fourth-order valence-corrected chi connectivity index (χ4v) is 2.58. The van der Waals surface area contributed by atoms with E-state index in [4.69, 9.17) is 5.26 Å². The van der Waals surface area contributed by atoms with Crippen molar-refractivity contribution in [3.8, 4) is 6.07 Å². The van der Waals surface area contributed by atoms with E-state index in [1.807, 2.05) is 6.92 Å². The van der Waals surface area contributed by atoms with Crippen LogP contribution in [0.15, 0.2) is 18.2 Å². The molecule has 0 atom stereocenters. The van der Waals surface area contributed by atoms with Crippen molar-refractivity contribution in [2.24, 2.45) is 0 Å². The fraction of sp³-hybridized carbons (Fsp3) is 0.182. The lowest BCUT2D eigenvalue weighted by molar-refractivity contribution is 0.615. The zero-order valence-corrected chi connectivity index (χ0v) is 8.49. The van der Waals surface area contributed by atoms with E-state index in [1.165, 1.54) is 17.4 Å². The van der Waals surface area contributed by atoms with Crippen LogP contribution in [0.5, 0.6) is 0 Å².